The van der Waals surface area contributed by atoms with E-state index in [0.29, 0.717) is 10.0 Å². The first-order valence-corrected chi connectivity index (χ1v) is 6.24. The monoisotopic (exact) mass is 321 g/mol. The fourth-order valence-corrected chi connectivity index (χ4v) is 2.00. The summed E-state index contributed by atoms with van der Waals surface area (Å²) in [6.45, 7) is 0. The molecule has 3 nitrogen and oxygen atoms in total. The first kappa shape index (κ1) is 13.4. The summed E-state index contributed by atoms with van der Waals surface area (Å²) in [5, 5.41) is 11.1. The van der Waals surface area contributed by atoms with Gasteiger partial charge in [0, 0.05) is 16.1 Å². The number of rotatable bonds is 3. The molecule has 0 aliphatic carbocycles. The van der Waals surface area contributed by atoms with Crippen molar-refractivity contribution in [2.75, 3.05) is 0 Å². The summed E-state index contributed by atoms with van der Waals surface area (Å²) >= 11 is 3.21. The van der Waals surface area contributed by atoms with Crippen molar-refractivity contribution >= 4 is 27.7 Å². The Balaban J connectivity index is 2.54. The number of benzene rings is 2. The molecule has 0 saturated carbocycles. The lowest BCUT2D eigenvalue weighted by atomic mass is 10.1. The molecule has 0 saturated heterocycles. The zero-order valence-corrected chi connectivity index (χ0v) is 11.3. The highest BCUT2D eigenvalue weighted by molar-refractivity contribution is 9.10. The Kier molecular flexibility index (Phi) is 4.06. The van der Waals surface area contributed by atoms with Crippen LogP contribution in [0, 0.1) is 15.9 Å². The highest BCUT2D eigenvalue weighted by Crippen LogP contribution is 2.22. The minimum Gasteiger partial charge on any atom is -0.258 e. The molecule has 0 unspecified atom stereocenters. The maximum Gasteiger partial charge on any atom is 0.277 e. The molecule has 0 atom stereocenters. The van der Waals surface area contributed by atoms with E-state index in [1.54, 1.807) is 36.4 Å². The lowest BCUT2D eigenvalue weighted by Gasteiger charge is -2.01. The van der Waals surface area contributed by atoms with E-state index in [1.807, 2.05) is 0 Å². The molecule has 0 amide bonds. The van der Waals surface area contributed by atoms with Crippen molar-refractivity contribution in [3.63, 3.8) is 0 Å². The smallest absolute Gasteiger partial charge is 0.258 e. The number of hydrogen-bond acceptors (Lipinski definition) is 2. The molecule has 0 bridgehead atoms. The van der Waals surface area contributed by atoms with Crippen LogP contribution in [-0.2, 0) is 0 Å². The molecular weight excluding hydrogens is 313 g/mol. The fourth-order valence-electron chi connectivity index (χ4n) is 1.62. The average Bonchev–Trinajstić information content (AvgIpc) is 2.40. The van der Waals surface area contributed by atoms with Crippen LogP contribution in [0.3, 0.4) is 0 Å². The van der Waals surface area contributed by atoms with Crippen LogP contribution in [0.15, 0.2) is 53.0 Å². The Labute approximate surface area is 117 Å². The van der Waals surface area contributed by atoms with Crippen LogP contribution >= 0.6 is 15.9 Å². The van der Waals surface area contributed by atoms with Gasteiger partial charge in [0.15, 0.2) is 0 Å². The Morgan fingerprint density at radius 2 is 1.89 bits per heavy atom. The second-order valence-corrected chi connectivity index (χ2v) is 4.73. The van der Waals surface area contributed by atoms with E-state index in [0.717, 1.165) is 0 Å². The van der Waals surface area contributed by atoms with Crippen LogP contribution in [0.4, 0.5) is 4.39 Å². The minimum absolute atomic E-state index is 0.141. The Morgan fingerprint density at radius 3 is 2.53 bits per heavy atom. The highest BCUT2D eigenvalue weighted by atomic mass is 79.9. The van der Waals surface area contributed by atoms with Crippen LogP contribution < -0.4 is 0 Å². The van der Waals surface area contributed by atoms with E-state index >= 15 is 0 Å². The summed E-state index contributed by atoms with van der Waals surface area (Å²) in [6.07, 6.45) is 1.23. The molecule has 0 heterocycles. The van der Waals surface area contributed by atoms with Crippen LogP contribution in [0.1, 0.15) is 11.1 Å². The van der Waals surface area contributed by atoms with Gasteiger partial charge in [0.25, 0.3) is 5.70 Å². The van der Waals surface area contributed by atoms with Crippen LogP contribution in [0.5, 0.6) is 0 Å². The molecule has 5 heteroatoms. The van der Waals surface area contributed by atoms with Crippen LogP contribution in [-0.4, -0.2) is 4.92 Å². The van der Waals surface area contributed by atoms with Gasteiger partial charge < -0.3 is 0 Å². The van der Waals surface area contributed by atoms with Crippen LogP contribution in [0.25, 0.3) is 11.8 Å². The van der Waals surface area contributed by atoms with Crippen molar-refractivity contribution in [3.05, 3.63) is 80.1 Å². The molecule has 96 valence electrons. The quantitative estimate of drug-likeness (QED) is 0.479. The van der Waals surface area contributed by atoms with Crippen LogP contribution in [0.2, 0.25) is 0 Å². The second kappa shape index (κ2) is 5.75. The SMILES string of the molecule is O=[N+]([O-])C(=Cc1cc(Br)ccc1F)c1ccccc1. The summed E-state index contributed by atoms with van der Waals surface area (Å²) < 4.78 is 14.3. The average molecular weight is 322 g/mol. The predicted octanol–water partition coefficient (Wildman–Crippen LogP) is 4.36. The molecule has 0 radical (unpaired) electrons. The molecule has 0 aliphatic heterocycles. The van der Waals surface area contributed by atoms with Crippen molar-refractivity contribution < 1.29 is 9.31 Å². The minimum atomic E-state index is -0.518. The van der Waals surface area contributed by atoms with E-state index < -0.39 is 10.7 Å². The van der Waals surface area contributed by atoms with Gasteiger partial charge in [-0.2, -0.15) is 0 Å². The van der Waals surface area contributed by atoms with Gasteiger partial charge in [-0.1, -0.05) is 34.1 Å². The van der Waals surface area contributed by atoms with Gasteiger partial charge in [-0.05, 0) is 30.3 Å². The number of nitrogens with zero attached hydrogens (tertiary/aromatic N) is 1. The van der Waals surface area contributed by atoms with Gasteiger partial charge in [-0.15, -0.1) is 0 Å². The molecule has 2 aromatic rings. The van der Waals surface area contributed by atoms with Crippen molar-refractivity contribution in [1.29, 1.82) is 0 Å². The third-order valence-corrected chi connectivity index (χ3v) is 3.01. The molecule has 19 heavy (non-hydrogen) atoms. The molecule has 0 fully saturated rings. The van der Waals surface area contributed by atoms with Gasteiger partial charge in [-0.3, -0.25) is 10.1 Å². The highest BCUT2D eigenvalue weighted by Gasteiger charge is 2.15. The lowest BCUT2D eigenvalue weighted by molar-refractivity contribution is -0.374. The number of hydrogen-bond donors (Lipinski definition) is 0. The Morgan fingerprint density at radius 1 is 1.21 bits per heavy atom. The third-order valence-electron chi connectivity index (χ3n) is 2.52. The van der Waals surface area contributed by atoms with Gasteiger partial charge >= 0.3 is 0 Å². The summed E-state index contributed by atoms with van der Waals surface area (Å²) in [5.41, 5.74) is 0.467. The second-order valence-electron chi connectivity index (χ2n) is 3.82. The van der Waals surface area contributed by atoms with Gasteiger partial charge in [0.2, 0.25) is 0 Å². The molecule has 2 rings (SSSR count). The largest absolute Gasteiger partial charge is 0.277 e. The van der Waals surface area contributed by atoms with Crippen molar-refractivity contribution in [3.8, 4) is 0 Å². The zero-order chi connectivity index (χ0) is 13.8. The fraction of sp³-hybridized carbons (Fsp3) is 0. The van der Waals surface area contributed by atoms with Gasteiger partial charge in [0.05, 0.1) is 10.5 Å². The summed E-state index contributed by atoms with van der Waals surface area (Å²) in [4.78, 5) is 10.6. The summed E-state index contributed by atoms with van der Waals surface area (Å²) in [7, 11) is 0. The molecule has 2 aromatic carbocycles. The topological polar surface area (TPSA) is 43.1 Å². The van der Waals surface area contributed by atoms with Crippen molar-refractivity contribution in [2.24, 2.45) is 0 Å². The van der Waals surface area contributed by atoms with E-state index in [9.17, 15) is 14.5 Å². The molecule has 0 aromatic heterocycles. The predicted molar refractivity (Wildman–Crippen MR) is 75.4 cm³/mol. The molecule has 0 N–H and O–H groups in total. The lowest BCUT2D eigenvalue weighted by Crippen LogP contribution is -1.98. The molecule has 0 spiro atoms. The number of nitro groups is 1. The Bertz CT molecular complexity index is 641. The first-order chi connectivity index (χ1) is 9.08. The van der Waals surface area contributed by atoms with E-state index in [4.69, 9.17) is 0 Å². The van der Waals surface area contributed by atoms with Crippen molar-refractivity contribution in [2.45, 2.75) is 0 Å². The maximum atomic E-state index is 13.6. The Hall–Kier alpha value is -2.01. The molecule has 0 aliphatic rings. The maximum absolute atomic E-state index is 13.6. The normalized spacial score (nSPS) is 11.4. The molecular formula is C14H9BrFNO2. The van der Waals surface area contributed by atoms with Crippen molar-refractivity contribution in [1.82, 2.24) is 0 Å². The first-order valence-electron chi connectivity index (χ1n) is 5.44. The zero-order valence-electron chi connectivity index (χ0n) is 9.72. The van der Waals surface area contributed by atoms with Gasteiger partial charge in [-0.25, -0.2) is 4.39 Å². The van der Waals surface area contributed by atoms with E-state index in [2.05, 4.69) is 15.9 Å². The third kappa shape index (κ3) is 3.26. The van der Waals surface area contributed by atoms with E-state index in [1.165, 1.54) is 18.2 Å². The summed E-state index contributed by atoms with van der Waals surface area (Å²) in [5.74, 6) is -0.501. The summed E-state index contributed by atoms with van der Waals surface area (Å²) in [6, 6.07) is 12.7. The standard InChI is InChI=1S/C14H9BrFNO2/c15-12-6-7-13(16)11(8-12)9-14(17(18)19)10-4-2-1-3-5-10/h1-9H. The number of halogens is 2. The van der Waals surface area contributed by atoms with Gasteiger partial charge in [0.1, 0.15) is 5.82 Å². The van der Waals surface area contributed by atoms with E-state index in [-0.39, 0.29) is 11.3 Å².